The molecule has 4 nitrogen and oxygen atoms in total. The molecular formula is C20H17N3O. The van der Waals surface area contributed by atoms with E-state index in [1.54, 1.807) is 0 Å². The predicted molar refractivity (Wildman–Crippen MR) is 95.1 cm³/mol. The van der Waals surface area contributed by atoms with Crippen LogP contribution in [0, 0.1) is 0 Å². The van der Waals surface area contributed by atoms with E-state index in [2.05, 4.69) is 39.7 Å². The van der Waals surface area contributed by atoms with Gasteiger partial charge in [0.2, 0.25) is 5.91 Å². The Balaban J connectivity index is 1.67. The number of benzene rings is 2. The summed E-state index contributed by atoms with van der Waals surface area (Å²) in [6.45, 7) is 0.671. The number of para-hydroxylation sites is 2. The highest BCUT2D eigenvalue weighted by atomic mass is 16.2. The molecule has 3 N–H and O–H groups in total. The van der Waals surface area contributed by atoms with E-state index in [0.717, 1.165) is 22.0 Å². The molecule has 4 aromatic rings. The fourth-order valence-corrected chi connectivity index (χ4v) is 4.02. The van der Waals surface area contributed by atoms with Crippen molar-refractivity contribution in [3.05, 3.63) is 72.1 Å². The van der Waals surface area contributed by atoms with E-state index >= 15 is 0 Å². The van der Waals surface area contributed by atoms with Crippen LogP contribution in [0.4, 0.5) is 0 Å². The van der Waals surface area contributed by atoms with E-state index in [9.17, 15) is 4.79 Å². The molecule has 0 saturated carbocycles. The third kappa shape index (κ3) is 1.83. The first-order valence-electron chi connectivity index (χ1n) is 8.22. The first-order chi connectivity index (χ1) is 11.8. The molecule has 0 spiro atoms. The molecule has 1 saturated heterocycles. The number of rotatable bonds is 2. The number of hydrogen-bond acceptors (Lipinski definition) is 1. The molecule has 118 valence electrons. The minimum absolute atomic E-state index is 0.107. The molecule has 4 heteroatoms. The standard InChI is InChI=1S/C20H17N3O/c24-20-19(15-10-22-18-8-4-2-6-13(15)18)16(11-23-20)14-9-21-17-7-3-1-5-12(14)17/h1-10,16,19,21-22H,11H2,(H,23,24)/t16-,19-/m0/s1. The molecule has 0 bridgehead atoms. The molecule has 5 rings (SSSR count). The first-order valence-corrected chi connectivity index (χ1v) is 8.22. The van der Waals surface area contributed by atoms with Crippen molar-refractivity contribution < 1.29 is 4.79 Å². The van der Waals surface area contributed by atoms with Gasteiger partial charge in [-0.1, -0.05) is 36.4 Å². The highest BCUT2D eigenvalue weighted by Crippen LogP contribution is 2.41. The summed E-state index contributed by atoms with van der Waals surface area (Å²) in [7, 11) is 0. The van der Waals surface area contributed by atoms with E-state index in [4.69, 9.17) is 0 Å². The summed E-state index contributed by atoms with van der Waals surface area (Å²) in [5.41, 5.74) is 4.48. The first kappa shape index (κ1) is 13.4. The number of aromatic nitrogens is 2. The zero-order valence-electron chi connectivity index (χ0n) is 13.0. The molecule has 2 aromatic carbocycles. The van der Waals surface area contributed by atoms with Crippen molar-refractivity contribution in [2.45, 2.75) is 11.8 Å². The summed E-state index contributed by atoms with van der Waals surface area (Å²) >= 11 is 0. The highest BCUT2D eigenvalue weighted by molar-refractivity contribution is 5.95. The lowest BCUT2D eigenvalue weighted by Gasteiger charge is -2.16. The van der Waals surface area contributed by atoms with Gasteiger partial charge in [0, 0.05) is 46.7 Å². The Morgan fingerprint density at radius 2 is 1.38 bits per heavy atom. The van der Waals surface area contributed by atoms with E-state index < -0.39 is 0 Å². The van der Waals surface area contributed by atoms with E-state index in [1.165, 1.54) is 10.9 Å². The Bertz CT molecular complexity index is 1060. The minimum Gasteiger partial charge on any atom is -0.361 e. The van der Waals surface area contributed by atoms with Crippen molar-refractivity contribution >= 4 is 27.7 Å². The zero-order valence-corrected chi connectivity index (χ0v) is 13.0. The fraction of sp³-hybridized carbons (Fsp3) is 0.150. The molecule has 1 fully saturated rings. The lowest BCUT2D eigenvalue weighted by Crippen LogP contribution is -2.17. The van der Waals surface area contributed by atoms with Crippen LogP contribution in [-0.2, 0) is 4.79 Å². The molecule has 0 radical (unpaired) electrons. The number of carbonyl (C=O) groups is 1. The number of nitrogens with one attached hydrogen (secondary N) is 3. The number of hydrogen-bond donors (Lipinski definition) is 3. The Kier molecular flexibility index (Phi) is 2.80. The van der Waals surface area contributed by atoms with Gasteiger partial charge in [0.25, 0.3) is 0 Å². The average Bonchev–Trinajstić information content (AvgIpc) is 3.31. The Morgan fingerprint density at radius 3 is 2.08 bits per heavy atom. The van der Waals surface area contributed by atoms with Crippen molar-refractivity contribution in [1.29, 1.82) is 0 Å². The Morgan fingerprint density at radius 1 is 0.792 bits per heavy atom. The van der Waals surface area contributed by atoms with Crippen LogP contribution < -0.4 is 5.32 Å². The van der Waals surface area contributed by atoms with Crippen molar-refractivity contribution in [2.75, 3.05) is 6.54 Å². The van der Waals surface area contributed by atoms with Gasteiger partial charge in [-0.05, 0) is 23.3 Å². The molecule has 3 heterocycles. The van der Waals surface area contributed by atoms with Crippen molar-refractivity contribution in [2.24, 2.45) is 0 Å². The average molecular weight is 315 g/mol. The minimum atomic E-state index is -0.166. The highest BCUT2D eigenvalue weighted by Gasteiger charge is 2.39. The SMILES string of the molecule is O=C1NC[C@@H](c2c[nH]c3ccccc23)[C@@H]1c1c[nH]c2ccccc12. The third-order valence-corrected chi connectivity index (χ3v) is 5.16. The van der Waals surface area contributed by atoms with Crippen molar-refractivity contribution in [1.82, 2.24) is 15.3 Å². The lowest BCUT2D eigenvalue weighted by molar-refractivity contribution is -0.120. The normalized spacial score (nSPS) is 20.8. The van der Waals surface area contributed by atoms with Gasteiger partial charge in [-0.3, -0.25) is 4.79 Å². The van der Waals surface area contributed by atoms with Gasteiger partial charge >= 0.3 is 0 Å². The van der Waals surface area contributed by atoms with Crippen LogP contribution in [0.2, 0.25) is 0 Å². The number of H-pyrrole nitrogens is 2. The van der Waals surface area contributed by atoms with Gasteiger partial charge < -0.3 is 15.3 Å². The van der Waals surface area contributed by atoms with Crippen LogP contribution >= 0.6 is 0 Å². The van der Waals surface area contributed by atoms with Crippen LogP contribution in [-0.4, -0.2) is 22.4 Å². The second-order valence-electron chi connectivity index (χ2n) is 6.41. The Labute approximate surface area is 138 Å². The molecule has 1 amide bonds. The van der Waals surface area contributed by atoms with Crippen LogP contribution in [0.1, 0.15) is 23.0 Å². The molecule has 24 heavy (non-hydrogen) atoms. The molecule has 0 unspecified atom stereocenters. The summed E-state index contributed by atoms with van der Waals surface area (Å²) in [5, 5.41) is 5.39. The maximum Gasteiger partial charge on any atom is 0.228 e. The van der Waals surface area contributed by atoms with Crippen LogP contribution in [0.15, 0.2) is 60.9 Å². The van der Waals surface area contributed by atoms with Crippen molar-refractivity contribution in [3.8, 4) is 0 Å². The Hall–Kier alpha value is -3.01. The van der Waals surface area contributed by atoms with Gasteiger partial charge in [-0.15, -0.1) is 0 Å². The molecule has 2 atom stereocenters. The van der Waals surface area contributed by atoms with E-state index in [0.29, 0.717) is 6.54 Å². The maximum absolute atomic E-state index is 12.6. The molecule has 0 aliphatic carbocycles. The summed E-state index contributed by atoms with van der Waals surface area (Å²) in [4.78, 5) is 19.3. The molecule has 1 aliphatic rings. The zero-order chi connectivity index (χ0) is 16.1. The number of amides is 1. The quantitative estimate of drug-likeness (QED) is 0.519. The van der Waals surface area contributed by atoms with Gasteiger partial charge in [-0.2, -0.15) is 0 Å². The summed E-state index contributed by atoms with van der Waals surface area (Å²) in [6.07, 6.45) is 4.04. The van der Waals surface area contributed by atoms with Gasteiger partial charge in [0.1, 0.15) is 0 Å². The predicted octanol–water partition coefficient (Wildman–Crippen LogP) is 3.65. The number of aromatic amines is 2. The van der Waals surface area contributed by atoms with Gasteiger partial charge in [0.05, 0.1) is 5.92 Å². The summed E-state index contributed by atoms with van der Waals surface area (Å²) in [5.74, 6) is 0.0725. The number of carbonyl (C=O) groups excluding carboxylic acids is 1. The van der Waals surface area contributed by atoms with E-state index in [1.807, 2.05) is 36.5 Å². The smallest absolute Gasteiger partial charge is 0.228 e. The maximum atomic E-state index is 12.6. The number of fused-ring (bicyclic) bond motifs is 2. The monoisotopic (exact) mass is 315 g/mol. The second kappa shape index (κ2) is 4.99. The molecular weight excluding hydrogens is 298 g/mol. The van der Waals surface area contributed by atoms with Crippen LogP contribution in [0.5, 0.6) is 0 Å². The molecule has 1 aliphatic heterocycles. The second-order valence-corrected chi connectivity index (χ2v) is 6.41. The molecule has 2 aromatic heterocycles. The van der Waals surface area contributed by atoms with Crippen LogP contribution in [0.25, 0.3) is 21.8 Å². The van der Waals surface area contributed by atoms with Crippen LogP contribution in [0.3, 0.4) is 0 Å². The summed E-state index contributed by atoms with van der Waals surface area (Å²) < 4.78 is 0. The largest absolute Gasteiger partial charge is 0.361 e. The third-order valence-electron chi connectivity index (χ3n) is 5.16. The van der Waals surface area contributed by atoms with Gasteiger partial charge in [0.15, 0.2) is 0 Å². The topological polar surface area (TPSA) is 60.7 Å². The fourth-order valence-electron chi connectivity index (χ4n) is 4.02. The summed E-state index contributed by atoms with van der Waals surface area (Å²) in [6, 6.07) is 16.4. The van der Waals surface area contributed by atoms with E-state index in [-0.39, 0.29) is 17.7 Å². The lowest BCUT2D eigenvalue weighted by atomic mass is 9.83. The van der Waals surface area contributed by atoms with Crippen molar-refractivity contribution in [3.63, 3.8) is 0 Å². The van der Waals surface area contributed by atoms with Gasteiger partial charge in [-0.25, -0.2) is 0 Å².